The maximum absolute atomic E-state index is 2.21. The normalized spacial score (nSPS) is 17.8. The Labute approximate surface area is 66.7 Å². The van der Waals surface area contributed by atoms with Crippen molar-refractivity contribution in [3.8, 4) is 0 Å². The van der Waals surface area contributed by atoms with Crippen LogP contribution in [0.5, 0.6) is 0 Å². The Bertz CT molecular complexity index is 197. The first-order chi connectivity index (χ1) is 4.83. The Morgan fingerprint density at radius 3 is 2.90 bits per heavy atom. The van der Waals surface area contributed by atoms with Crippen LogP contribution < -0.4 is 0 Å². The van der Waals surface area contributed by atoms with Crippen molar-refractivity contribution in [2.75, 3.05) is 6.26 Å². The maximum atomic E-state index is 2.21. The average Bonchev–Trinajstić information content (AvgIpc) is 2.14. The lowest BCUT2D eigenvalue weighted by Crippen LogP contribution is -1.68. The molecule has 0 amide bonds. The van der Waals surface area contributed by atoms with Crippen LogP contribution in [0.2, 0.25) is 0 Å². The minimum Gasteiger partial charge on any atom is -0.134 e. The molecule has 0 aliphatic heterocycles. The molecule has 1 aliphatic carbocycles. The van der Waals surface area contributed by atoms with Crippen LogP contribution in [0.3, 0.4) is 0 Å². The van der Waals surface area contributed by atoms with Gasteiger partial charge in [0.15, 0.2) is 0 Å². The van der Waals surface area contributed by atoms with E-state index in [-0.39, 0.29) is 0 Å². The van der Waals surface area contributed by atoms with Gasteiger partial charge in [0.1, 0.15) is 0 Å². The second kappa shape index (κ2) is 3.67. The van der Waals surface area contributed by atoms with Crippen LogP contribution in [0.15, 0.2) is 34.8 Å². The first-order valence-corrected chi connectivity index (χ1v) is 4.63. The van der Waals surface area contributed by atoms with Gasteiger partial charge >= 0.3 is 0 Å². The highest BCUT2D eigenvalue weighted by Gasteiger charge is 1.93. The van der Waals surface area contributed by atoms with Crippen molar-refractivity contribution >= 4 is 11.8 Å². The van der Waals surface area contributed by atoms with Gasteiger partial charge in [-0.15, -0.1) is 11.8 Å². The zero-order valence-electron chi connectivity index (χ0n) is 6.42. The van der Waals surface area contributed by atoms with Gasteiger partial charge in [-0.05, 0) is 24.5 Å². The maximum Gasteiger partial charge on any atom is -0.00342 e. The molecule has 0 aromatic heterocycles. The highest BCUT2D eigenvalue weighted by molar-refractivity contribution is 8.02. The summed E-state index contributed by atoms with van der Waals surface area (Å²) in [6, 6.07) is 0. The van der Waals surface area contributed by atoms with E-state index in [1.54, 1.807) is 0 Å². The lowest BCUT2D eigenvalue weighted by Gasteiger charge is -1.93. The summed E-state index contributed by atoms with van der Waals surface area (Å²) in [5.74, 6) is 0. The zero-order chi connectivity index (χ0) is 7.40. The van der Waals surface area contributed by atoms with Gasteiger partial charge in [-0.25, -0.2) is 0 Å². The molecular weight excluding hydrogens is 140 g/mol. The Morgan fingerprint density at radius 2 is 2.20 bits per heavy atom. The van der Waals surface area contributed by atoms with Crippen LogP contribution in [-0.2, 0) is 0 Å². The minimum atomic E-state index is 1.09. The smallest absolute Gasteiger partial charge is 0.00342 e. The first-order valence-electron chi connectivity index (χ1n) is 3.41. The molecule has 1 heteroatoms. The SMILES string of the molecule is CSC1=CC=C(C)C=CC1. The number of hydrogen-bond donors (Lipinski definition) is 0. The standard InChI is InChI=1S/C9H12S/c1-8-4-3-5-9(10-2)7-6-8/h3-4,6-7H,5H2,1-2H3. The average molecular weight is 152 g/mol. The molecular formula is C9H12S. The van der Waals surface area contributed by atoms with E-state index in [1.165, 1.54) is 10.5 Å². The van der Waals surface area contributed by atoms with Crippen molar-refractivity contribution in [1.82, 2.24) is 0 Å². The van der Waals surface area contributed by atoms with E-state index in [2.05, 4.69) is 37.5 Å². The fourth-order valence-corrected chi connectivity index (χ4v) is 1.33. The van der Waals surface area contributed by atoms with E-state index >= 15 is 0 Å². The number of thioether (sulfide) groups is 1. The summed E-state index contributed by atoms with van der Waals surface area (Å²) in [5, 5.41) is 0. The topological polar surface area (TPSA) is 0 Å². The Balaban J connectivity index is 2.74. The third-order valence-electron chi connectivity index (χ3n) is 1.49. The molecule has 0 spiro atoms. The monoisotopic (exact) mass is 152 g/mol. The summed E-state index contributed by atoms with van der Waals surface area (Å²) in [4.78, 5) is 1.44. The molecule has 0 unspecified atom stereocenters. The van der Waals surface area contributed by atoms with E-state index in [1.807, 2.05) is 11.8 Å². The molecule has 0 saturated heterocycles. The molecule has 0 bridgehead atoms. The Kier molecular flexibility index (Phi) is 2.82. The minimum absolute atomic E-state index is 1.09. The first kappa shape index (κ1) is 7.67. The molecule has 0 aromatic carbocycles. The second-order valence-electron chi connectivity index (χ2n) is 2.35. The Hall–Kier alpha value is -0.430. The van der Waals surface area contributed by atoms with E-state index in [9.17, 15) is 0 Å². The second-order valence-corrected chi connectivity index (χ2v) is 3.29. The molecule has 0 heterocycles. The number of hydrogen-bond acceptors (Lipinski definition) is 1. The fourth-order valence-electron chi connectivity index (χ4n) is 0.860. The molecule has 0 nitrogen and oxygen atoms in total. The van der Waals surface area contributed by atoms with E-state index < -0.39 is 0 Å². The van der Waals surface area contributed by atoms with Crippen LogP contribution >= 0.6 is 11.8 Å². The Morgan fingerprint density at radius 1 is 1.40 bits per heavy atom. The van der Waals surface area contributed by atoms with Crippen LogP contribution in [0.25, 0.3) is 0 Å². The van der Waals surface area contributed by atoms with E-state index in [4.69, 9.17) is 0 Å². The van der Waals surface area contributed by atoms with Gasteiger partial charge in [0.05, 0.1) is 0 Å². The summed E-state index contributed by atoms with van der Waals surface area (Å²) in [7, 11) is 0. The molecule has 0 saturated carbocycles. The van der Waals surface area contributed by atoms with Crippen LogP contribution in [0.1, 0.15) is 13.3 Å². The zero-order valence-corrected chi connectivity index (χ0v) is 7.24. The van der Waals surface area contributed by atoms with Crippen molar-refractivity contribution in [2.45, 2.75) is 13.3 Å². The van der Waals surface area contributed by atoms with E-state index in [0.29, 0.717) is 0 Å². The summed E-state index contributed by atoms with van der Waals surface area (Å²) in [5.41, 5.74) is 1.34. The van der Waals surface area contributed by atoms with E-state index in [0.717, 1.165) is 6.42 Å². The largest absolute Gasteiger partial charge is 0.134 e. The summed E-state index contributed by atoms with van der Waals surface area (Å²) < 4.78 is 0. The molecule has 0 atom stereocenters. The molecule has 0 radical (unpaired) electrons. The summed E-state index contributed by atoms with van der Waals surface area (Å²) >= 11 is 1.83. The van der Waals surface area contributed by atoms with Gasteiger partial charge in [-0.3, -0.25) is 0 Å². The number of allylic oxidation sites excluding steroid dienone is 6. The molecule has 0 aromatic rings. The molecule has 10 heavy (non-hydrogen) atoms. The molecule has 54 valence electrons. The van der Waals surface area contributed by atoms with Crippen molar-refractivity contribution in [3.05, 3.63) is 34.8 Å². The predicted octanol–water partition coefficient (Wildman–Crippen LogP) is 3.14. The van der Waals surface area contributed by atoms with Gasteiger partial charge in [-0.2, -0.15) is 0 Å². The van der Waals surface area contributed by atoms with Crippen LogP contribution in [-0.4, -0.2) is 6.26 Å². The van der Waals surface area contributed by atoms with Crippen molar-refractivity contribution in [2.24, 2.45) is 0 Å². The van der Waals surface area contributed by atoms with Crippen molar-refractivity contribution in [3.63, 3.8) is 0 Å². The van der Waals surface area contributed by atoms with Gasteiger partial charge in [-0.1, -0.05) is 29.9 Å². The van der Waals surface area contributed by atoms with Crippen molar-refractivity contribution < 1.29 is 0 Å². The van der Waals surface area contributed by atoms with Gasteiger partial charge in [0, 0.05) is 0 Å². The number of rotatable bonds is 1. The van der Waals surface area contributed by atoms with Gasteiger partial charge < -0.3 is 0 Å². The summed E-state index contributed by atoms with van der Waals surface area (Å²) in [6.45, 7) is 2.12. The highest BCUT2D eigenvalue weighted by Crippen LogP contribution is 2.19. The van der Waals surface area contributed by atoms with Gasteiger partial charge in [0.25, 0.3) is 0 Å². The molecule has 1 aliphatic rings. The summed E-state index contributed by atoms with van der Waals surface area (Å²) in [6.07, 6.45) is 11.9. The van der Waals surface area contributed by atoms with Crippen LogP contribution in [0, 0.1) is 0 Å². The molecule has 0 N–H and O–H groups in total. The lowest BCUT2D eigenvalue weighted by molar-refractivity contribution is 1.37. The predicted molar refractivity (Wildman–Crippen MR) is 49.1 cm³/mol. The van der Waals surface area contributed by atoms with Crippen LogP contribution in [0.4, 0.5) is 0 Å². The lowest BCUT2D eigenvalue weighted by atomic mass is 10.3. The molecule has 0 fully saturated rings. The third kappa shape index (κ3) is 2.07. The quantitative estimate of drug-likeness (QED) is 0.556. The van der Waals surface area contributed by atoms with Gasteiger partial charge in [0.2, 0.25) is 0 Å². The highest BCUT2D eigenvalue weighted by atomic mass is 32.2. The molecule has 1 rings (SSSR count). The van der Waals surface area contributed by atoms with Crippen molar-refractivity contribution in [1.29, 1.82) is 0 Å². The fraction of sp³-hybridized carbons (Fsp3) is 0.333. The third-order valence-corrected chi connectivity index (χ3v) is 2.32.